The molecule has 10 aromatic rings. The van der Waals surface area contributed by atoms with E-state index in [4.69, 9.17) is 29.1 Å². The van der Waals surface area contributed by atoms with Gasteiger partial charge < -0.3 is 4.42 Å². The quantitative estimate of drug-likeness (QED) is 0.174. The summed E-state index contributed by atoms with van der Waals surface area (Å²) >= 11 is 0. The monoisotopic (exact) mass is 645 g/mol. The summed E-state index contributed by atoms with van der Waals surface area (Å²) in [5.41, 5.74) is -2.34. The van der Waals surface area contributed by atoms with Gasteiger partial charge in [-0.1, -0.05) is 181 Å². The third-order valence-corrected chi connectivity index (χ3v) is 8.53. The Hall–Kier alpha value is -6.44. The molecular formula is C48H30O. The molecule has 0 aliphatic carbocycles. The Kier molecular flexibility index (Phi) is 2.99. The standard InChI is InChI=1S/C48H30O/c1-3-15-31(16-4-1)33-25-13-27-43-44-28-14-26-42(48(44)49-47(33)43)36-29-30-41(35-20-8-7-19-34(35)36)46-39-23-11-9-21-37(39)45(32-17-5-2-6-18-32)38-22-10-12-24-40(38)46/h1-30H/i1D,2D,3D,4D,5D,6D,9D,10D,11D,12D,13D,14D,15D,16D,17D,18D,21D,22D,23D,24D,25D,26D,27D. The number of furan rings is 1. The Bertz CT molecular complexity index is 4060. The largest absolute Gasteiger partial charge is 0.455 e. The van der Waals surface area contributed by atoms with Gasteiger partial charge in [0.05, 0.1) is 31.5 Å². The molecule has 0 amide bonds. The average molecular weight is 646 g/mol. The highest BCUT2D eigenvalue weighted by Gasteiger charge is 2.21. The molecule has 1 heteroatoms. The van der Waals surface area contributed by atoms with E-state index in [1.165, 1.54) is 18.2 Å². The number of hydrogen-bond donors (Lipinski definition) is 0. The van der Waals surface area contributed by atoms with E-state index in [0.717, 1.165) is 0 Å². The van der Waals surface area contributed by atoms with Gasteiger partial charge in [0.25, 0.3) is 0 Å². The van der Waals surface area contributed by atoms with Gasteiger partial charge in [0.2, 0.25) is 0 Å². The first-order valence-electron chi connectivity index (χ1n) is 26.5. The van der Waals surface area contributed by atoms with Crippen molar-refractivity contribution in [2.45, 2.75) is 0 Å². The fraction of sp³-hybridized carbons (Fsp3) is 0. The van der Waals surface area contributed by atoms with Crippen LogP contribution in [0, 0.1) is 0 Å². The molecule has 9 aromatic carbocycles. The van der Waals surface area contributed by atoms with Crippen molar-refractivity contribution in [2.24, 2.45) is 0 Å². The van der Waals surface area contributed by atoms with Gasteiger partial charge in [-0.3, -0.25) is 0 Å². The van der Waals surface area contributed by atoms with Crippen molar-refractivity contribution < 1.29 is 35.9 Å². The molecule has 0 aliphatic heterocycles. The maximum absolute atomic E-state index is 9.43. The molecule has 0 fully saturated rings. The zero-order chi connectivity index (χ0) is 52.3. The maximum Gasteiger partial charge on any atom is 0.143 e. The van der Waals surface area contributed by atoms with Crippen LogP contribution >= 0.6 is 0 Å². The van der Waals surface area contributed by atoms with Crippen molar-refractivity contribution in [1.29, 1.82) is 0 Å². The van der Waals surface area contributed by atoms with E-state index in [2.05, 4.69) is 0 Å². The smallest absolute Gasteiger partial charge is 0.143 e. The summed E-state index contributed by atoms with van der Waals surface area (Å²) in [6, 6.07) is -5.78. The van der Waals surface area contributed by atoms with Gasteiger partial charge in [0, 0.05) is 21.9 Å². The molecule has 1 aromatic heterocycles. The molecule has 1 nitrogen and oxygen atoms in total. The topological polar surface area (TPSA) is 13.1 Å². The minimum atomic E-state index is -0.812. The number of para-hydroxylation sites is 2. The van der Waals surface area contributed by atoms with E-state index in [9.17, 15) is 6.85 Å². The fourth-order valence-electron chi connectivity index (χ4n) is 6.51. The van der Waals surface area contributed by atoms with Gasteiger partial charge in [-0.05, 0) is 65.7 Å². The molecule has 0 saturated heterocycles. The number of rotatable bonds is 4. The summed E-state index contributed by atoms with van der Waals surface area (Å²) in [7, 11) is 0. The summed E-state index contributed by atoms with van der Waals surface area (Å²) in [5, 5.41) is -1.10. The van der Waals surface area contributed by atoms with Crippen LogP contribution in [0.1, 0.15) is 31.5 Å². The summed E-state index contributed by atoms with van der Waals surface area (Å²) in [6.07, 6.45) is 0. The second-order valence-corrected chi connectivity index (χ2v) is 11.0. The van der Waals surface area contributed by atoms with Crippen molar-refractivity contribution in [3.05, 3.63) is 181 Å². The van der Waals surface area contributed by atoms with Crippen LogP contribution in [-0.2, 0) is 0 Å². The third kappa shape index (κ3) is 4.26. The van der Waals surface area contributed by atoms with Gasteiger partial charge in [-0.25, -0.2) is 0 Å². The number of fused-ring (bicyclic) bond motifs is 6. The lowest BCUT2D eigenvalue weighted by Gasteiger charge is -2.19. The number of hydrogen-bond acceptors (Lipinski definition) is 1. The lowest BCUT2D eigenvalue weighted by molar-refractivity contribution is 0.671. The molecule has 10 rings (SSSR count). The summed E-state index contributed by atoms with van der Waals surface area (Å²) in [6.45, 7) is 0. The predicted molar refractivity (Wildman–Crippen MR) is 208 cm³/mol. The molecule has 0 N–H and O–H groups in total. The van der Waals surface area contributed by atoms with Crippen LogP contribution in [0.3, 0.4) is 0 Å². The fourth-order valence-corrected chi connectivity index (χ4v) is 6.51. The summed E-state index contributed by atoms with van der Waals surface area (Å²) in [4.78, 5) is 0. The minimum absolute atomic E-state index is 0.00786. The van der Waals surface area contributed by atoms with E-state index in [-0.39, 0.29) is 65.7 Å². The van der Waals surface area contributed by atoms with Crippen LogP contribution < -0.4 is 0 Å². The first-order valence-corrected chi connectivity index (χ1v) is 15.0. The molecule has 228 valence electrons. The molecule has 0 unspecified atom stereocenters. The molecule has 0 saturated carbocycles. The molecule has 0 radical (unpaired) electrons. The van der Waals surface area contributed by atoms with Gasteiger partial charge in [-0.15, -0.1) is 0 Å². The average Bonchev–Trinajstić information content (AvgIpc) is 3.74. The van der Waals surface area contributed by atoms with Crippen LogP contribution in [0.2, 0.25) is 0 Å². The van der Waals surface area contributed by atoms with E-state index in [0.29, 0.717) is 0 Å². The second-order valence-electron chi connectivity index (χ2n) is 11.0. The van der Waals surface area contributed by atoms with Crippen molar-refractivity contribution in [1.82, 2.24) is 0 Å². The SMILES string of the molecule is [2H]c1cc2c(oc3c(-c4c([2H])c([2H])c([2H])c([2H])c4[2H])c([2H])c([2H])c([2H])c32)c(-c2ccc(-c3c4c([2H])c([2H])c([2H])c([2H])c4c(-c4c([2H])c([2H])c([2H])c([2H])c4[2H])c4c([2H])c([2H])c([2H])c([2H])c34)c3ccccc23)c1[2H]. The van der Waals surface area contributed by atoms with E-state index < -0.39 is 172 Å². The second kappa shape index (κ2) is 11.1. The van der Waals surface area contributed by atoms with Gasteiger partial charge in [0.15, 0.2) is 0 Å². The molecule has 0 bridgehead atoms. The zero-order valence-electron chi connectivity index (χ0n) is 47.9. The first-order chi connectivity index (χ1) is 33.9. The highest BCUT2D eigenvalue weighted by molar-refractivity contribution is 6.24. The van der Waals surface area contributed by atoms with Gasteiger partial charge >= 0.3 is 0 Å². The van der Waals surface area contributed by atoms with Crippen molar-refractivity contribution in [3.63, 3.8) is 0 Å². The third-order valence-electron chi connectivity index (χ3n) is 8.53. The van der Waals surface area contributed by atoms with E-state index in [1.54, 1.807) is 24.3 Å². The van der Waals surface area contributed by atoms with Crippen LogP contribution in [0.15, 0.2) is 186 Å². The summed E-state index contributed by atoms with van der Waals surface area (Å²) < 4.78 is 210. The lowest BCUT2D eigenvalue weighted by atomic mass is 9.84. The molecule has 49 heavy (non-hydrogen) atoms. The minimum Gasteiger partial charge on any atom is -0.455 e. The maximum atomic E-state index is 9.43. The zero-order valence-corrected chi connectivity index (χ0v) is 24.9. The van der Waals surface area contributed by atoms with Crippen molar-refractivity contribution in [2.75, 3.05) is 0 Å². The van der Waals surface area contributed by atoms with Crippen molar-refractivity contribution >= 4 is 54.3 Å². The lowest BCUT2D eigenvalue weighted by Crippen LogP contribution is -1.92. The van der Waals surface area contributed by atoms with Crippen LogP contribution in [0.4, 0.5) is 0 Å². The Morgan fingerprint density at radius 1 is 0.306 bits per heavy atom. The van der Waals surface area contributed by atoms with E-state index >= 15 is 0 Å². The Morgan fingerprint density at radius 2 is 0.816 bits per heavy atom. The molecular weight excluding hydrogens is 593 g/mol. The Balaban J connectivity index is 1.39. The molecule has 0 aliphatic rings. The molecule has 0 atom stereocenters. The van der Waals surface area contributed by atoms with E-state index in [1.807, 2.05) is 0 Å². The van der Waals surface area contributed by atoms with Gasteiger partial charge in [0.1, 0.15) is 11.2 Å². The van der Waals surface area contributed by atoms with Crippen LogP contribution in [0.25, 0.3) is 98.8 Å². The van der Waals surface area contributed by atoms with Crippen LogP contribution in [0.5, 0.6) is 0 Å². The van der Waals surface area contributed by atoms with Crippen molar-refractivity contribution in [3.8, 4) is 44.5 Å². The normalized spacial score (nSPS) is 18.2. The Labute approximate surface area is 316 Å². The molecule has 0 spiro atoms. The highest BCUT2D eigenvalue weighted by atomic mass is 16.3. The summed E-state index contributed by atoms with van der Waals surface area (Å²) in [5.74, 6) is 0. The predicted octanol–water partition coefficient (Wildman–Crippen LogP) is 13.7. The first kappa shape index (κ1) is 13.2. The Morgan fingerprint density at radius 3 is 1.49 bits per heavy atom. The highest BCUT2D eigenvalue weighted by Crippen LogP contribution is 2.47. The van der Waals surface area contributed by atoms with Crippen LogP contribution in [-0.4, -0.2) is 0 Å². The number of benzene rings is 9. The molecule has 1 heterocycles. The van der Waals surface area contributed by atoms with Gasteiger partial charge in [-0.2, -0.15) is 0 Å².